The summed E-state index contributed by atoms with van der Waals surface area (Å²) >= 11 is 0. The number of anilines is 1. The number of carboxylic acid groups (broad SMARTS) is 1. The highest BCUT2D eigenvalue weighted by Gasteiger charge is 2.52. The Morgan fingerprint density at radius 2 is 1.83 bits per heavy atom. The first-order valence-electron chi connectivity index (χ1n) is 7.28. The largest absolute Gasteiger partial charge is 0.481 e. The van der Waals surface area contributed by atoms with Crippen molar-refractivity contribution in [3.63, 3.8) is 0 Å². The summed E-state index contributed by atoms with van der Waals surface area (Å²) in [5.41, 5.74) is 1.44. The first-order chi connectivity index (χ1) is 11.4. The predicted octanol–water partition coefficient (Wildman–Crippen LogP) is 2.84. The minimum absolute atomic E-state index is 0.237. The molecule has 1 fully saturated rings. The highest BCUT2D eigenvalue weighted by atomic mass is 19.4. The summed E-state index contributed by atoms with van der Waals surface area (Å²) in [6.45, 7) is -0.668. The lowest BCUT2D eigenvalue weighted by atomic mass is 9.96. The average molecular weight is 337 g/mol. The van der Waals surface area contributed by atoms with Gasteiger partial charge in [-0.15, -0.1) is 0 Å². The quantitative estimate of drug-likeness (QED) is 0.933. The molecule has 0 amide bonds. The van der Waals surface area contributed by atoms with Gasteiger partial charge in [0.05, 0.1) is 29.9 Å². The van der Waals surface area contributed by atoms with Crippen LogP contribution in [-0.2, 0) is 4.79 Å². The Morgan fingerprint density at radius 1 is 1.12 bits per heavy atom. The number of hydrogen-bond acceptors (Lipinski definition) is 4. The van der Waals surface area contributed by atoms with Crippen molar-refractivity contribution in [2.24, 2.45) is 11.8 Å². The Labute approximate surface area is 135 Å². The number of carboxylic acids is 1. The van der Waals surface area contributed by atoms with Crippen molar-refractivity contribution in [2.75, 3.05) is 18.0 Å². The fourth-order valence-corrected chi connectivity index (χ4v) is 2.82. The van der Waals surface area contributed by atoms with Gasteiger partial charge in [0, 0.05) is 18.7 Å². The van der Waals surface area contributed by atoms with Crippen LogP contribution >= 0.6 is 0 Å². The average Bonchev–Trinajstić information content (AvgIpc) is 3.02. The van der Waals surface area contributed by atoms with E-state index in [1.54, 1.807) is 0 Å². The molecule has 1 aromatic carbocycles. The maximum absolute atomic E-state index is 13.0. The zero-order valence-electron chi connectivity index (χ0n) is 12.4. The monoisotopic (exact) mass is 337 g/mol. The summed E-state index contributed by atoms with van der Waals surface area (Å²) in [7, 11) is 0. The number of aromatic nitrogens is 2. The van der Waals surface area contributed by atoms with Gasteiger partial charge in [0.2, 0.25) is 0 Å². The first kappa shape index (κ1) is 16.2. The number of halogens is 3. The molecular weight excluding hydrogens is 323 g/mol. The first-order valence-corrected chi connectivity index (χ1v) is 7.28. The zero-order chi connectivity index (χ0) is 17.3. The molecule has 126 valence electrons. The molecule has 1 aromatic heterocycles. The van der Waals surface area contributed by atoms with E-state index in [4.69, 9.17) is 5.11 Å². The third kappa shape index (κ3) is 3.17. The number of hydrogen-bond donors (Lipinski definition) is 1. The van der Waals surface area contributed by atoms with Crippen molar-refractivity contribution in [3.8, 4) is 11.3 Å². The third-order valence-electron chi connectivity index (χ3n) is 4.09. The van der Waals surface area contributed by atoms with Crippen molar-refractivity contribution >= 4 is 11.8 Å². The molecule has 0 saturated carbocycles. The molecule has 24 heavy (non-hydrogen) atoms. The van der Waals surface area contributed by atoms with Crippen molar-refractivity contribution in [2.45, 2.75) is 6.18 Å². The van der Waals surface area contributed by atoms with Gasteiger partial charge in [0.15, 0.2) is 0 Å². The van der Waals surface area contributed by atoms with Crippen LogP contribution in [0.25, 0.3) is 11.3 Å². The van der Waals surface area contributed by atoms with Gasteiger partial charge in [-0.05, 0) is 0 Å². The van der Waals surface area contributed by atoms with E-state index >= 15 is 0 Å². The molecular formula is C16H14F3N3O2. The summed E-state index contributed by atoms with van der Waals surface area (Å²) in [4.78, 5) is 20.8. The van der Waals surface area contributed by atoms with E-state index in [9.17, 15) is 18.0 Å². The number of alkyl halides is 3. The Hall–Kier alpha value is -2.64. The smallest absolute Gasteiger partial charge is 0.394 e. The molecule has 0 spiro atoms. The summed E-state index contributed by atoms with van der Waals surface area (Å²) in [5, 5.41) is 9.04. The van der Waals surface area contributed by atoms with Gasteiger partial charge >= 0.3 is 12.1 Å². The second-order valence-electron chi connectivity index (χ2n) is 5.62. The van der Waals surface area contributed by atoms with Crippen LogP contribution in [0.5, 0.6) is 0 Å². The standard InChI is InChI=1S/C16H14F3N3O2/c17-16(18,19)12-9-22(8-11(12)15(23)24)14-7-20-13(6-21-14)10-4-2-1-3-5-10/h1-7,11-12H,8-9H2,(H,23,24)/t11-,12-/m1/s1. The van der Waals surface area contributed by atoms with Crippen LogP contribution in [0, 0.1) is 11.8 Å². The maximum atomic E-state index is 13.0. The van der Waals surface area contributed by atoms with Gasteiger partial charge in [-0.2, -0.15) is 13.2 Å². The predicted molar refractivity (Wildman–Crippen MR) is 80.4 cm³/mol. The highest BCUT2D eigenvalue weighted by molar-refractivity contribution is 5.72. The Bertz CT molecular complexity index is 720. The van der Waals surface area contributed by atoms with Gasteiger partial charge in [-0.1, -0.05) is 30.3 Å². The van der Waals surface area contributed by atoms with Crippen molar-refractivity contribution in [1.82, 2.24) is 9.97 Å². The topological polar surface area (TPSA) is 66.3 Å². The molecule has 5 nitrogen and oxygen atoms in total. The van der Waals surface area contributed by atoms with E-state index in [1.807, 2.05) is 30.3 Å². The van der Waals surface area contributed by atoms with Crippen molar-refractivity contribution in [3.05, 3.63) is 42.7 Å². The summed E-state index contributed by atoms with van der Waals surface area (Å²) in [5.74, 6) is -4.62. The number of benzene rings is 1. The summed E-state index contributed by atoms with van der Waals surface area (Å²) < 4.78 is 39.1. The van der Waals surface area contributed by atoms with Crippen LogP contribution in [0.15, 0.2) is 42.7 Å². The van der Waals surface area contributed by atoms with Gasteiger partial charge < -0.3 is 10.0 Å². The SMILES string of the molecule is O=C(O)[C@@H]1CN(c2cnc(-c3ccccc3)cn2)C[C@H]1C(F)(F)F. The Kier molecular flexibility index (Phi) is 4.13. The minimum Gasteiger partial charge on any atom is -0.481 e. The Balaban J connectivity index is 1.81. The lowest BCUT2D eigenvalue weighted by Crippen LogP contribution is -2.33. The van der Waals surface area contributed by atoms with Crippen LogP contribution in [-0.4, -0.2) is 40.3 Å². The Morgan fingerprint density at radius 3 is 2.33 bits per heavy atom. The molecule has 0 unspecified atom stereocenters. The molecule has 1 saturated heterocycles. The van der Waals surface area contributed by atoms with Crippen LogP contribution in [0.3, 0.4) is 0 Å². The number of aliphatic carboxylic acids is 1. The zero-order valence-corrected chi connectivity index (χ0v) is 12.4. The fourth-order valence-electron chi connectivity index (χ4n) is 2.82. The van der Waals surface area contributed by atoms with E-state index in [1.165, 1.54) is 17.3 Å². The lowest BCUT2D eigenvalue weighted by molar-refractivity contribution is -0.187. The molecule has 1 aliphatic heterocycles. The highest BCUT2D eigenvalue weighted by Crippen LogP contribution is 2.39. The van der Waals surface area contributed by atoms with Gasteiger partial charge in [0.1, 0.15) is 5.82 Å². The molecule has 1 N–H and O–H groups in total. The van der Waals surface area contributed by atoms with Crippen LogP contribution < -0.4 is 4.90 Å². The number of carbonyl (C=O) groups is 1. The maximum Gasteiger partial charge on any atom is 0.394 e. The van der Waals surface area contributed by atoms with E-state index < -0.39 is 30.5 Å². The fraction of sp³-hybridized carbons (Fsp3) is 0.312. The number of rotatable bonds is 3. The van der Waals surface area contributed by atoms with Gasteiger partial charge in [0.25, 0.3) is 0 Å². The van der Waals surface area contributed by atoms with Crippen LogP contribution in [0.2, 0.25) is 0 Å². The molecule has 2 heterocycles. The third-order valence-corrected chi connectivity index (χ3v) is 4.09. The van der Waals surface area contributed by atoms with E-state index in [-0.39, 0.29) is 12.4 Å². The molecule has 3 rings (SSSR count). The second-order valence-corrected chi connectivity index (χ2v) is 5.62. The molecule has 2 atom stereocenters. The van der Waals surface area contributed by atoms with Gasteiger partial charge in [-0.3, -0.25) is 9.78 Å². The molecule has 0 bridgehead atoms. The van der Waals surface area contributed by atoms with Gasteiger partial charge in [-0.25, -0.2) is 4.98 Å². The van der Waals surface area contributed by atoms with E-state index in [0.717, 1.165) is 5.56 Å². The molecule has 2 aromatic rings. The second kappa shape index (κ2) is 6.10. The van der Waals surface area contributed by atoms with Crippen LogP contribution in [0.1, 0.15) is 0 Å². The number of nitrogens with zero attached hydrogens (tertiary/aromatic N) is 3. The molecule has 8 heteroatoms. The molecule has 0 radical (unpaired) electrons. The van der Waals surface area contributed by atoms with Crippen LogP contribution in [0.4, 0.5) is 19.0 Å². The molecule has 0 aliphatic carbocycles. The normalized spacial score (nSPS) is 21.0. The summed E-state index contributed by atoms with van der Waals surface area (Å²) in [6, 6.07) is 9.24. The van der Waals surface area contributed by atoms with E-state index in [2.05, 4.69) is 9.97 Å². The summed E-state index contributed by atoms with van der Waals surface area (Å²) in [6.07, 6.45) is -1.71. The van der Waals surface area contributed by atoms with Crippen molar-refractivity contribution in [1.29, 1.82) is 0 Å². The lowest BCUT2D eigenvalue weighted by Gasteiger charge is -2.18. The van der Waals surface area contributed by atoms with Crippen molar-refractivity contribution < 1.29 is 23.1 Å². The van der Waals surface area contributed by atoms with E-state index in [0.29, 0.717) is 5.69 Å². The molecule has 1 aliphatic rings. The minimum atomic E-state index is -4.56.